The largest absolute Gasteiger partial charge is 0.346 e. The molecule has 88 valence electrons. The fourth-order valence-corrected chi connectivity index (χ4v) is 1.67. The number of carbonyl (C=O) groups excluding carboxylic acids is 1. The molecule has 0 aliphatic heterocycles. The lowest BCUT2D eigenvalue weighted by molar-refractivity contribution is -0.122. The molecule has 0 aliphatic carbocycles. The van der Waals surface area contributed by atoms with Crippen molar-refractivity contribution in [3.63, 3.8) is 0 Å². The number of hydrogen-bond acceptors (Lipinski definition) is 1. The number of nitrogens with one attached hydrogen (secondary N) is 1. The predicted octanol–water partition coefficient (Wildman–Crippen LogP) is 3.43. The number of alkyl halides is 1. The van der Waals surface area contributed by atoms with Crippen molar-refractivity contribution in [3.8, 4) is 0 Å². The summed E-state index contributed by atoms with van der Waals surface area (Å²) < 4.78 is 1.02. The molecule has 16 heavy (non-hydrogen) atoms. The highest BCUT2D eigenvalue weighted by molar-refractivity contribution is 9.10. The van der Waals surface area contributed by atoms with Crippen LogP contribution in [0.4, 0.5) is 0 Å². The SMILES string of the molecule is CC(Cl)C(=O)NC(C)(C)c1ccc(Br)cc1. The average Bonchev–Trinajstić information content (AvgIpc) is 2.17. The molecule has 0 aliphatic rings. The Morgan fingerprint density at radius 2 is 1.88 bits per heavy atom. The Bertz CT molecular complexity index is 373. The Hall–Kier alpha value is -0.540. The molecule has 1 unspecified atom stereocenters. The molecule has 1 N–H and O–H groups in total. The minimum atomic E-state index is -0.519. The van der Waals surface area contributed by atoms with Gasteiger partial charge in [-0.15, -0.1) is 11.6 Å². The van der Waals surface area contributed by atoms with Crippen LogP contribution in [0.2, 0.25) is 0 Å². The Morgan fingerprint density at radius 1 is 1.38 bits per heavy atom. The molecule has 0 aromatic heterocycles. The smallest absolute Gasteiger partial charge is 0.238 e. The van der Waals surface area contributed by atoms with Crippen molar-refractivity contribution in [2.24, 2.45) is 0 Å². The third kappa shape index (κ3) is 3.49. The van der Waals surface area contributed by atoms with Gasteiger partial charge in [-0.25, -0.2) is 0 Å². The van der Waals surface area contributed by atoms with Crippen LogP contribution >= 0.6 is 27.5 Å². The number of halogens is 2. The summed E-state index contributed by atoms with van der Waals surface area (Å²) in [5, 5.41) is 2.39. The lowest BCUT2D eigenvalue weighted by Crippen LogP contribution is -2.43. The molecular formula is C12H15BrClNO. The summed E-state index contributed by atoms with van der Waals surface area (Å²) >= 11 is 9.11. The molecule has 2 nitrogen and oxygen atoms in total. The van der Waals surface area contributed by atoms with E-state index in [4.69, 9.17) is 11.6 Å². The molecule has 1 amide bonds. The van der Waals surface area contributed by atoms with Gasteiger partial charge < -0.3 is 5.32 Å². The Morgan fingerprint density at radius 3 is 2.31 bits per heavy atom. The second-order valence-electron chi connectivity index (χ2n) is 4.24. The van der Waals surface area contributed by atoms with Gasteiger partial charge in [0.05, 0.1) is 5.54 Å². The lowest BCUT2D eigenvalue weighted by atomic mass is 9.94. The van der Waals surface area contributed by atoms with Crippen LogP contribution in [0.3, 0.4) is 0 Å². The molecular weight excluding hydrogens is 289 g/mol. The Kier molecular flexibility index (Phi) is 4.39. The fourth-order valence-electron chi connectivity index (χ4n) is 1.35. The molecule has 1 atom stereocenters. The van der Waals surface area contributed by atoms with E-state index in [9.17, 15) is 4.79 Å². The van der Waals surface area contributed by atoms with Crippen LogP contribution in [0.25, 0.3) is 0 Å². The number of amides is 1. The first-order valence-corrected chi connectivity index (χ1v) is 6.28. The molecule has 0 bridgehead atoms. The zero-order valence-corrected chi connectivity index (χ0v) is 11.9. The molecule has 0 saturated carbocycles. The summed E-state index contributed by atoms with van der Waals surface area (Å²) in [5.41, 5.74) is 0.627. The van der Waals surface area contributed by atoms with Gasteiger partial charge in [0.2, 0.25) is 5.91 Å². The molecule has 0 saturated heterocycles. The minimum Gasteiger partial charge on any atom is -0.346 e. The van der Waals surface area contributed by atoms with Crippen LogP contribution in [0.1, 0.15) is 26.3 Å². The quantitative estimate of drug-likeness (QED) is 0.852. The van der Waals surface area contributed by atoms with Crippen LogP contribution in [0.5, 0.6) is 0 Å². The molecule has 1 aromatic carbocycles. The van der Waals surface area contributed by atoms with Gasteiger partial charge in [0, 0.05) is 4.47 Å². The maximum Gasteiger partial charge on any atom is 0.238 e. The second-order valence-corrected chi connectivity index (χ2v) is 5.81. The van der Waals surface area contributed by atoms with Gasteiger partial charge in [0.25, 0.3) is 0 Å². The van der Waals surface area contributed by atoms with Crippen molar-refractivity contribution < 1.29 is 4.79 Å². The number of carbonyl (C=O) groups is 1. The number of hydrogen-bond donors (Lipinski definition) is 1. The molecule has 1 rings (SSSR count). The highest BCUT2D eigenvalue weighted by Crippen LogP contribution is 2.22. The van der Waals surface area contributed by atoms with Crippen molar-refractivity contribution in [1.82, 2.24) is 5.32 Å². The molecule has 0 radical (unpaired) electrons. The van der Waals surface area contributed by atoms with E-state index in [1.54, 1.807) is 6.92 Å². The van der Waals surface area contributed by atoms with Gasteiger partial charge in [0.15, 0.2) is 0 Å². The molecule has 0 heterocycles. The van der Waals surface area contributed by atoms with Crippen LogP contribution in [-0.2, 0) is 10.3 Å². The highest BCUT2D eigenvalue weighted by Gasteiger charge is 2.24. The minimum absolute atomic E-state index is 0.158. The molecule has 0 spiro atoms. The number of benzene rings is 1. The zero-order valence-electron chi connectivity index (χ0n) is 9.55. The first-order valence-electron chi connectivity index (χ1n) is 5.05. The van der Waals surface area contributed by atoms with E-state index < -0.39 is 10.9 Å². The molecule has 4 heteroatoms. The Labute approximate surface area is 110 Å². The van der Waals surface area contributed by atoms with Gasteiger partial charge in [-0.05, 0) is 38.5 Å². The topological polar surface area (TPSA) is 29.1 Å². The average molecular weight is 305 g/mol. The van der Waals surface area contributed by atoms with E-state index >= 15 is 0 Å². The third-order valence-electron chi connectivity index (χ3n) is 2.36. The molecule has 1 aromatic rings. The maximum absolute atomic E-state index is 11.5. The van der Waals surface area contributed by atoms with E-state index in [0.29, 0.717) is 0 Å². The highest BCUT2D eigenvalue weighted by atomic mass is 79.9. The van der Waals surface area contributed by atoms with Crippen molar-refractivity contribution in [1.29, 1.82) is 0 Å². The van der Waals surface area contributed by atoms with Crippen LogP contribution in [0, 0.1) is 0 Å². The van der Waals surface area contributed by atoms with E-state index in [-0.39, 0.29) is 5.91 Å². The predicted molar refractivity (Wildman–Crippen MR) is 70.6 cm³/mol. The summed E-state index contributed by atoms with van der Waals surface area (Å²) in [6, 6.07) is 7.85. The van der Waals surface area contributed by atoms with E-state index in [1.165, 1.54) is 0 Å². The van der Waals surface area contributed by atoms with Gasteiger partial charge >= 0.3 is 0 Å². The first kappa shape index (κ1) is 13.5. The standard InChI is InChI=1S/C12H15BrClNO/c1-8(14)11(16)15-12(2,3)9-4-6-10(13)7-5-9/h4-8H,1-3H3,(H,15,16). The van der Waals surface area contributed by atoms with Gasteiger partial charge in [-0.3, -0.25) is 4.79 Å². The van der Waals surface area contributed by atoms with Crippen LogP contribution in [0.15, 0.2) is 28.7 Å². The summed E-state index contributed by atoms with van der Waals surface area (Å²) in [4.78, 5) is 11.5. The van der Waals surface area contributed by atoms with Crippen LogP contribution < -0.4 is 5.32 Å². The van der Waals surface area contributed by atoms with Crippen molar-refractivity contribution in [2.45, 2.75) is 31.7 Å². The monoisotopic (exact) mass is 303 g/mol. The van der Waals surface area contributed by atoms with Gasteiger partial charge in [0.1, 0.15) is 5.38 Å². The first-order chi connectivity index (χ1) is 7.33. The van der Waals surface area contributed by atoms with Crippen molar-refractivity contribution in [2.75, 3.05) is 0 Å². The van der Waals surface area contributed by atoms with Crippen molar-refractivity contribution >= 4 is 33.4 Å². The zero-order chi connectivity index (χ0) is 12.3. The third-order valence-corrected chi connectivity index (χ3v) is 3.09. The van der Waals surface area contributed by atoms with E-state index in [1.807, 2.05) is 38.1 Å². The Balaban J connectivity index is 2.85. The second kappa shape index (κ2) is 5.19. The van der Waals surface area contributed by atoms with Gasteiger partial charge in [-0.1, -0.05) is 28.1 Å². The number of rotatable bonds is 3. The van der Waals surface area contributed by atoms with E-state index in [0.717, 1.165) is 10.0 Å². The summed E-state index contributed by atoms with van der Waals surface area (Å²) in [6.07, 6.45) is 0. The molecule has 0 fully saturated rings. The lowest BCUT2D eigenvalue weighted by Gasteiger charge is -2.27. The summed E-state index contributed by atoms with van der Waals surface area (Å²) in [6.45, 7) is 5.56. The normalized spacial score (nSPS) is 13.3. The van der Waals surface area contributed by atoms with Crippen LogP contribution in [-0.4, -0.2) is 11.3 Å². The summed E-state index contributed by atoms with van der Waals surface area (Å²) in [5.74, 6) is -0.158. The maximum atomic E-state index is 11.5. The van der Waals surface area contributed by atoms with Crippen molar-refractivity contribution in [3.05, 3.63) is 34.3 Å². The van der Waals surface area contributed by atoms with E-state index in [2.05, 4.69) is 21.2 Å². The fraction of sp³-hybridized carbons (Fsp3) is 0.417. The van der Waals surface area contributed by atoms with Gasteiger partial charge in [-0.2, -0.15) is 0 Å². The summed E-state index contributed by atoms with van der Waals surface area (Å²) in [7, 11) is 0.